The fourth-order valence-corrected chi connectivity index (χ4v) is 2.37. The molecule has 0 atom stereocenters. The van der Waals surface area contributed by atoms with Gasteiger partial charge < -0.3 is 4.57 Å². The van der Waals surface area contributed by atoms with Crippen molar-refractivity contribution in [3.8, 4) is 11.1 Å². The molecule has 0 radical (unpaired) electrons. The van der Waals surface area contributed by atoms with Crippen LogP contribution in [0.15, 0.2) is 36.4 Å². The zero-order valence-corrected chi connectivity index (χ0v) is 11.0. The number of nitrogens with zero attached hydrogens (tertiary/aromatic N) is 1. The number of hydrogen-bond acceptors (Lipinski definition) is 0. The molecule has 2 rings (SSSR count). The van der Waals surface area contributed by atoms with Crippen LogP contribution in [0.4, 0.5) is 0 Å². The van der Waals surface area contributed by atoms with Gasteiger partial charge in [-0.05, 0) is 31.9 Å². The number of hydrogen-bond donors (Lipinski definition) is 0. The monoisotopic (exact) mass is 227 g/mol. The van der Waals surface area contributed by atoms with Gasteiger partial charge in [0, 0.05) is 23.5 Å². The first kappa shape index (κ1) is 12.0. The molecule has 0 unspecified atom stereocenters. The molecule has 1 aromatic carbocycles. The molecule has 0 saturated heterocycles. The van der Waals surface area contributed by atoms with Gasteiger partial charge in [0.15, 0.2) is 0 Å². The summed E-state index contributed by atoms with van der Waals surface area (Å²) in [6, 6.07) is 13.0. The van der Waals surface area contributed by atoms with Gasteiger partial charge in [-0.1, -0.05) is 43.7 Å². The molecule has 1 nitrogen and oxygen atoms in total. The molecule has 0 aliphatic carbocycles. The molecular formula is C16H21N. The lowest BCUT2D eigenvalue weighted by atomic mass is 10.1. The van der Waals surface area contributed by atoms with Gasteiger partial charge in [-0.25, -0.2) is 0 Å². The maximum Gasteiger partial charge on any atom is 0.0225 e. The Kier molecular flexibility index (Phi) is 3.68. The Balaban J connectivity index is 2.37. The largest absolute Gasteiger partial charge is 0.349 e. The smallest absolute Gasteiger partial charge is 0.0225 e. The Bertz CT molecular complexity index is 480. The van der Waals surface area contributed by atoms with E-state index < -0.39 is 0 Å². The molecule has 0 aliphatic rings. The highest BCUT2D eigenvalue weighted by molar-refractivity contribution is 5.67. The Labute approximate surface area is 104 Å². The van der Waals surface area contributed by atoms with E-state index in [1.165, 1.54) is 35.4 Å². The average Bonchev–Trinajstić information content (AvgIpc) is 2.64. The van der Waals surface area contributed by atoms with Crippen LogP contribution in [0.5, 0.6) is 0 Å². The van der Waals surface area contributed by atoms with Crippen LogP contribution in [0.25, 0.3) is 11.1 Å². The molecule has 0 saturated carbocycles. The van der Waals surface area contributed by atoms with E-state index in [-0.39, 0.29) is 0 Å². The molecule has 1 aromatic heterocycles. The summed E-state index contributed by atoms with van der Waals surface area (Å²) in [4.78, 5) is 0. The lowest BCUT2D eigenvalue weighted by Crippen LogP contribution is -2.01. The van der Waals surface area contributed by atoms with E-state index >= 15 is 0 Å². The number of rotatable bonds is 4. The first-order valence-corrected chi connectivity index (χ1v) is 6.46. The minimum Gasteiger partial charge on any atom is -0.349 e. The van der Waals surface area contributed by atoms with Crippen molar-refractivity contribution in [2.24, 2.45) is 0 Å². The number of aromatic nitrogens is 1. The highest BCUT2D eigenvalue weighted by Crippen LogP contribution is 2.26. The van der Waals surface area contributed by atoms with Crippen LogP contribution in [0.3, 0.4) is 0 Å². The van der Waals surface area contributed by atoms with Crippen LogP contribution in [-0.4, -0.2) is 4.57 Å². The summed E-state index contributed by atoms with van der Waals surface area (Å²) in [5.41, 5.74) is 5.46. The Morgan fingerprint density at radius 3 is 2.41 bits per heavy atom. The molecule has 0 spiro atoms. The normalized spacial score (nSPS) is 10.8. The van der Waals surface area contributed by atoms with Crippen molar-refractivity contribution in [2.45, 2.75) is 40.2 Å². The summed E-state index contributed by atoms with van der Waals surface area (Å²) < 4.78 is 2.44. The first-order valence-electron chi connectivity index (χ1n) is 6.46. The Morgan fingerprint density at radius 2 is 1.76 bits per heavy atom. The minimum absolute atomic E-state index is 1.14. The number of unbranched alkanes of at least 4 members (excludes halogenated alkanes) is 1. The van der Waals surface area contributed by atoms with Crippen LogP contribution < -0.4 is 0 Å². The number of benzene rings is 1. The molecule has 17 heavy (non-hydrogen) atoms. The predicted molar refractivity (Wildman–Crippen MR) is 74.3 cm³/mol. The Hall–Kier alpha value is -1.50. The zero-order chi connectivity index (χ0) is 12.3. The van der Waals surface area contributed by atoms with Crippen LogP contribution in [0.1, 0.15) is 31.2 Å². The quantitative estimate of drug-likeness (QED) is 0.721. The summed E-state index contributed by atoms with van der Waals surface area (Å²) in [7, 11) is 0. The zero-order valence-electron chi connectivity index (χ0n) is 11.0. The van der Waals surface area contributed by atoms with Crippen molar-refractivity contribution in [3.05, 3.63) is 47.8 Å². The number of aryl methyl sites for hydroxylation is 1. The molecule has 0 aliphatic heterocycles. The van der Waals surface area contributed by atoms with Crippen molar-refractivity contribution < 1.29 is 0 Å². The predicted octanol–water partition coefficient (Wildman–Crippen LogP) is 4.57. The third-order valence-electron chi connectivity index (χ3n) is 3.39. The summed E-state index contributed by atoms with van der Waals surface area (Å²) in [6.07, 6.45) is 2.50. The highest BCUT2D eigenvalue weighted by Gasteiger charge is 2.09. The second-order valence-electron chi connectivity index (χ2n) is 4.66. The summed E-state index contributed by atoms with van der Waals surface area (Å²) in [5, 5.41) is 0. The summed E-state index contributed by atoms with van der Waals surface area (Å²) in [5.74, 6) is 0. The van der Waals surface area contributed by atoms with Crippen LogP contribution in [0.2, 0.25) is 0 Å². The topological polar surface area (TPSA) is 4.93 Å². The molecule has 0 fully saturated rings. The van der Waals surface area contributed by atoms with Crippen molar-refractivity contribution in [1.29, 1.82) is 0 Å². The van der Waals surface area contributed by atoms with Gasteiger partial charge in [0.2, 0.25) is 0 Å². The Morgan fingerprint density at radius 1 is 1.06 bits per heavy atom. The van der Waals surface area contributed by atoms with Gasteiger partial charge >= 0.3 is 0 Å². The van der Waals surface area contributed by atoms with Crippen molar-refractivity contribution >= 4 is 0 Å². The molecule has 90 valence electrons. The van der Waals surface area contributed by atoms with Gasteiger partial charge in [-0.3, -0.25) is 0 Å². The van der Waals surface area contributed by atoms with Crippen molar-refractivity contribution in [2.75, 3.05) is 0 Å². The second kappa shape index (κ2) is 5.22. The van der Waals surface area contributed by atoms with Crippen LogP contribution in [-0.2, 0) is 6.54 Å². The minimum atomic E-state index is 1.14. The van der Waals surface area contributed by atoms with Crippen molar-refractivity contribution in [3.63, 3.8) is 0 Å². The highest BCUT2D eigenvalue weighted by atomic mass is 15.0. The van der Waals surface area contributed by atoms with E-state index in [0.29, 0.717) is 0 Å². The van der Waals surface area contributed by atoms with Gasteiger partial charge in [-0.2, -0.15) is 0 Å². The van der Waals surface area contributed by atoms with E-state index in [4.69, 9.17) is 0 Å². The SMILES string of the molecule is CCCCn1c(C)cc(-c2ccccc2)c1C. The van der Waals surface area contributed by atoms with Gasteiger partial charge in [0.05, 0.1) is 0 Å². The van der Waals surface area contributed by atoms with Gasteiger partial charge in [0.1, 0.15) is 0 Å². The standard InChI is InChI=1S/C16H21N/c1-4-5-11-17-13(2)12-16(14(17)3)15-9-7-6-8-10-15/h6-10,12H,4-5,11H2,1-3H3. The molecule has 2 aromatic rings. The fraction of sp³-hybridized carbons (Fsp3) is 0.375. The molecule has 0 bridgehead atoms. The lowest BCUT2D eigenvalue weighted by Gasteiger charge is -2.09. The van der Waals surface area contributed by atoms with Crippen molar-refractivity contribution in [1.82, 2.24) is 4.57 Å². The van der Waals surface area contributed by atoms with E-state index in [0.717, 1.165) is 6.54 Å². The van der Waals surface area contributed by atoms with E-state index in [1.54, 1.807) is 0 Å². The molecule has 1 heteroatoms. The van der Waals surface area contributed by atoms with E-state index in [1.807, 2.05) is 0 Å². The first-order chi connectivity index (χ1) is 8.24. The summed E-state index contributed by atoms with van der Waals surface area (Å²) in [6.45, 7) is 7.81. The third kappa shape index (κ3) is 2.44. The molecule has 0 amide bonds. The second-order valence-corrected chi connectivity index (χ2v) is 4.66. The summed E-state index contributed by atoms with van der Waals surface area (Å²) >= 11 is 0. The third-order valence-corrected chi connectivity index (χ3v) is 3.39. The fourth-order valence-electron chi connectivity index (χ4n) is 2.37. The van der Waals surface area contributed by atoms with Gasteiger partial charge in [-0.15, -0.1) is 0 Å². The van der Waals surface area contributed by atoms with E-state index in [9.17, 15) is 0 Å². The molecular weight excluding hydrogens is 206 g/mol. The molecule has 1 heterocycles. The average molecular weight is 227 g/mol. The van der Waals surface area contributed by atoms with Gasteiger partial charge in [0.25, 0.3) is 0 Å². The molecule has 0 N–H and O–H groups in total. The maximum absolute atomic E-state index is 2.44. The van der Waals surface area contributed by atoms with Crippen LogP contribution in [0, 0.1) is 13.8 Å². The van der Waals surface area contributed by atoms with E-state index in [2.05, 4.69) is 61.7 Å². The maximum atomic E-state index is 2.44. The lowest BCUT2D eigenvalue weighted by molar-refractivity contribution is 0.610. The van der Waals surface area contributed by atoms with Crippen LogP contribution >= 0.6 is 0 Å².